The van der Waals surface area contributed by atoms with Crippen LogP contribution in [0.4, 0.5) is 5.69 Å². The lowest BCUT2D eigenvalue weighted by molar-refractivity contribution is 0.0996. The normalized spacial score (nSPS) is 20.8. The van der Waals surface area contributed by atoms with Crippen LogP contribution in [0.3, 0.4) is 0 Å². The highest BCUT2D eigenvalue weighted by Crippen LogP contribution is 2.25. The monoisotopic (exact) mass is 297 g/mol. The molecule has 0 bridgehead atoms. The second-order valence-corrected chi connectivity index (χ2v) is 7.38. The number of hydrogen-bond acceptors (Lipinski definition) is 4. The minimum Gasteiger partial charge on any atom is -0.379 e. The largest absolute Gasteiger partial charge is 0.379 e. The van der Waals surface area contributed by atoms with Gasteiger partial charge >= 0.3 is 0 Å². The van der Waals surface area contributed by atoms with Gasteiger partial charge in [0.2, 0.25) is 0 Å². The van der Waals surface area contributed by atoms with Crippen LogP contribution in [0.2, 0.25) is 0 Å². The van der Waals surface area contributed by atoms with Crippen LogP contribution in [0.25, 0.3) is 0 Å². The van der Waals surface area contributed by atoms with Gasteiger partial charge < -0.3 is 10.1 Å². The van der Waals surface area contributed by atoms with E-state index in [0.717, 1.165) is 19.4 Å². The third-order valence-electron chi connectivity index (χ3n) is 3.60. The first-order valence-electron chi connectivity index (χ1n) is 7.24. The second-order valence-electron chi connectivity index (χ2n) is 5.30. The molecule has 0 spiro atoms. The molecule has 0 aromatic heterocycles. The summed E-state index contributed by atoms with van der Waals surface area (Å²) in [4.78, 5) is 0.395. The van der Waals surface area contributed by atoms with Crippen LogP contribution >= 0.6 is 0 Å². The Kier molecular flexibility index (Phi) is 5.05. The molecule has 2 rings (SSSR count). The molecule has 20 heavy (non-hydrogen) atoms. The van der Waals surface area contributed by atoms with Crippen LogP contribution < -0.4 is 5.32 Å². The summed E-state index contributed by atoms with van der Waals surface area (Å²) in [6.45, 7) is 4.72. The minimum atomic E-state index is -3.21. The Morgan fingerprint density at radius 1 is 1.40 bits per heavy atom. The van der Waals surface area contributed by atoms with Crippen molar-refractivity contribution in [3.05, 3.63) is 24.3 Å². The van der Waals surface area contributed by atoms with Crippen molar-refractivity contribution in [2.75, 3.05) is 17.7 Å². The summed E-state index contributed by atoms with van der Waals surface area (Å²) in [6.07, 6.45) is 2.89. The first kappa shape index (κ1) is 15.3. The van der Waals surface area contributed by atoms with Gasteiger partial charge in [0.25, 0.3) is 0 Å². The fourth-order valence-electron chi connectivity index (χ4n) is 2.57. The van der Waals surface area contributed by atoms with Crippen molar-refractivity contribution >= 4 is 15.5 Å². The molecule has 1 saturated heterocycles. The van der Waals surface area contributed by atoms with Crippen molar-refractivity contribution < 1.29 is 13.2 Å². The van der Waals surface area contributed by atoms with Gasteiger partial charge in [-0.25, -0.2) is 8.42 Å². The summed E-state index contributed by atoms with van der Waals surface area (Å²) >= 11 is 0. The second kappa shape index (κ2) is 6.59. The third-order valence-corrected chi connectivity index (χ3v) is 5.57. The standard InChI is InChI=1S/C15H23NO3S/c1-3-11-20(17,18)15-9-5-4-7-13(15)16-12(2)14-8-6-10-19-14/h4-5,7,9,12,14,16H,3,6,8,10-11H2,1-2H3. The topological polar surface area (TPSA) is 55.4 Å². The maximum absolute atomic E-state index is 12.3. The zero-order valence-electron chi connectivity index (χ0n) is 12.1. The number of ether oxygens (including phenoxy) is 1. The Hall–Kier alpha value is -1.07. The highest BCUT2D eigenvalue weighted by molar-refractivity contribution is 7.91. The predicted octanol–water partition coefficient (Wildman–Crippen LogP) is 2.85. The molecule has 2 atom stereocenters. The lowest BCUT2D eigenvalue weighted by Gasteiger charge is -2.22. The lowest BCUT2D eigenvalue weighted by Crippen LogP contribution is -2.30. The molecule has 0 aliphatic carbocycles. The number of sulfone groups is 1. The van der Waals surface area contributed by atoms with Gasteiger partial charge in [-0.15, -0.1) is 0 Å². The molecule has 0 amide bonds. The van der Waals surface area contributed by atoms with E-state index in [1.165, 1.54) is 0 Å². The molecule has 1 fully saturated rings. The van der Waals surface area contributed by atoms with Crippen molar-refractivity contribution in [3.8, 4) is 0 Å². The summed E-state index contributed by atoms with van der Waals surface area (Å²) in [5, 5.41) is 3.31. The minimum absolute atomic E-state index is 0.107. The van der Waals surface area contributed by atoms with E-state index in [1.54, 1.807) is 12.1 Å². The van der Waals surface area contributed by atoms with Crippen molar-refractivity contribution in [2.45, 2.75) is 50.2 Å². The maximum atomic E-state index is 12.3. The number of benzene rings is 1. The summed E-state index contributed by atoms with van der Waals surface area (Å²) < 4.78 is 30.2. The molecule has 0 saturated carbocycles. The van der Waals surface area contributed by atoms with Gasteiger partial charge in [0.05, 0.1) is 22.4 Å². The van der Waals surface area contributed by atoms with E-state index in [1.807, 2.05) is 26.0 Å². The van der Waals surface area contributed by atoms with E-state index >= 15 is 0 Å². The molecule has 2 unspecified atom stereocenters. The van der Waals surface area contributed by atoms with E-state index in [2.05, 4.69) is 5.32 Å². The van der Waals surface area contributed by atoms with Gasteiger partial charge in [-0.2, -0.15) is 0 Å². The van der Waals surface area contributed by atoms with Crippen LogP contribution in [-0.2, 0) is 14.6 Å². The van der Waals surface area contributed by atoms with E-state index < -0.39 is 9.84 Å². The average molecular weight is 297 g/mol. The van der Waals surface area contributed by atoms with Crippen LogP contribution in [0.15, 0.2) is 29.2 Å². The number of hydrogen-bond donors (Lipinski definition) is 1. The summed E-state index contributed by atoms with van der Waals surface area (Å²) in [5.41, 5.74) is 0.684. The van der Waals surface area contributed by atoms with Gasteiger partial charge in [0, 0.05) is 12.6 Å². The van der Waals surface area contributed by atoms with Crippen LogP contribution in [0.1, 0.15) is 33.1 Å². The predicted molar refractivity (Wildman–Crippen MR) is 80.8 cm³/mol. The SMILES string of the molecule is CCCS(=O)(=O)c1ccccc1NC(C)C1CCCO1. The Labute approximate surface area is 121 Å². The van der Waals surface area contributed by atoms with Crippen molar-refractivity contribution in [1.82, 2.24) is 0 Å². The molecular formula is C15H23NO3S. The number of nitrogens with one attached hydrogen (secondary N) is 1. The van der Waals surface area contributed by atoms with Crippen LogP contribution in [0, 0.1) is 0 Å². The molecule has 1 N–H and O–H groups in total. The van der Waals surface area contributed by atoms with E-state index in [-0.39, 0.29) is 17.9 Å². The Morgan fingerprint density at radius 3 is 2.80 bits per heavy atom. The molecule has 1 aromatic rings. The number of para-hydroxylation sites is 1. The maximum Gasteiger partial charge on any atom is 0.180 e. The van der Waals surface area contributed by atoms with E-state index in [9.17, 15) is 8.42 Å². The Morgan fingerprint density at radius 2 is 2.15 bits per heavy atom. The first-order chi connectivity index (χ1) is 9.54. The molecule has 112 valence electrons. The summed E-state index contributed by atoms with van der Waals surface area (Å²) in [5.74, 6) is 0.181. The zero-order chi connectivity index (χ0) is 14.6. The fraction of sp³-hybridized carbons (Fsp3) is 0.600. The van der Waals surface area contributed by atoms with E-state index in [4.69, 9.17) is 4.74 Å². The molecule has 1 aliphatic heterocycles. The fourth-order valence-corrected chi connectivity index (χ4v) is 4.08. The first-order valence-corrected chi connectivity index (χ1v) is 8.89. The highest BCUT2D eigenvalue weighted by Gasteiger charge is 2.24. The lowest BCUT2D eigenvalue weighted by atomic mass is 10.1. The number of anilines is 1. The van der Waals surface area contributed by atoms with E-state index in [0.29, 0.717) is 17.0 Å². The Balaban J connectivity index is 2.19. The van der Waals surface area contributed by atoms with Gasteiger partial charge in [-0.1, -0.05) is 19.1 Å². The van der Waals surface area contributed by atoms with Gasteiger partial charge in [0.15, 0.2) is 9.84 Å². The van der Waals surface area contributed by atoms with Crippen molar-refractivity contribution in [1.29, 1.82) is 0 Å². The summed E-state index contributed by atoms with van der Waals surface area (Å²) in [6, 6.07) is 7.24. The average Bonchev–Trinajstić information content (AvgIpc) is 2.93. The molecule has 5 heteroatoms. The molecular weight excluding hydrogens is 274 g/mol. The molecule has 1 heterocycles. The van der Waals surface area contributed by atoms with Gasteiger partial charge in [-0.3, -0.25) is 0 Å². The van der Waals surface area contributed by atoms with Gasteiger partial charge in [0.1, 0.15) is 0 Å². The van der Waals surface area contributed by atoms with Crippen LogP contribution in [-0.4, -0.2) is 32.9 Å². The third kappa shape index (κ3) is 3.52. The van der Waals surface area contributed by atoms with Crippen molar-refractivity contribution in [3.63, 3.8) is 0 Å². The molecule has 1 aromatic carbocycles. The zero-order valence-corrected chi connectivity index (χ0v) is 12.9. The highest BCUT2D eigenvalue weighted by atomic mass is 32.2. The Bertz CT molecular complexity index is 536. The number of rotatable bonds is 6. The smallest absolute Gasteiger partial charge is 0.180 e. The molecule has 1 aliphatic rings. The summed E-state index contributed by atoms with van der Waals surface area (Å²) in [7, 11) is -3.21. The molecule has 0 radical (unpaired) electrons. The van der Waals surface area contributed by atoms with Crippen LogP contribution in [0.5, 0.6) is 0 Å². The van der Waals surface area contributed by atoms with Gasteiger partial charge in [-0.05, 0) is 38.3 Å². The van der Waals surface area contributed by atoms with Crippen molar-refractivity contribution in [2.24, 2.45) is 0 Å². The quantitative estimate of drug-likeness (QED) is 0.877. The molecule has 4 nitrogen and oxygen atoms in total.